The predicted octanol–water partition coefficient (Wildman–Crippen LogP) is 27.3. The molecule has 0 heteroatoms. The lowest BCUT2D eigenvalue weighted by Gasteiger charge is -2.65. The second kappa shape index (κ2) is 24.4. The summed E-state index contributed by atoms with van der Waals surface area (Å²) in [7, 11) is 0. The molecule has 24 fully saturated rings. The molecule has 24 aliphatic carbocycles. The number of hydrogen-bond acceptors (Lipinski definition) is 0. The Bertz CT molecular complexity index is 2290. The molecule has 24 rings (SSSR count). The minimum absolute atomic E-state index is 0.510. The molecule has 516 valence electrons. The van der Waals surface area contributed by atoms with Crippen LogP contribution >= 0.6 is 0 Å². The van der Waals surface area contributed by atoms with Crippen molar-refractivity contribution < 1.29 is 0 Å². The van der Waals surface area contributed by atoms with E-state index >= 15 is 0 Å². The Kier molecular flexibility index (Phi) is 18.6. The average Bonchev–Trinajstić information content (AvgIpc) is 1.32. The second-order valence-electron chi connectivity index (χ2n) is 44.8. The van der Waals surface area contributed by atoms with Crippen molar-refractivity contribution in [2.45, 2.75) is 370 Å². The minimum atomic E-state index is 0.510. The summed E-state index contributed by atoms with van der Waals surface area (Å²) >= 11 is 0. The van der Waals surface area contributed by atoms with Gasteiger partial charge in [-0.2, -0.15) is 0 Å². The molecular weight excluding hydrogens is 1080 g/mol. The maximum absolute atomic E-state index is 2.63. The maximum Gasteiger partial charge on any atom is -0.0220 e. The van der Waals surface area contributed by atoms with Gasteiger partial charge in [-0.25, -0.2) is 0 Å². The van der Waals surface area contributed by atoms with E-state index < -0.39 is 0 Å². The van der Waals surface area contributed by atoms with Crippen molar-refractivity contribution in [2.75, 3.05) is 0 Å². The van der Waals surface area contributed by atoms with Crippen LogP contribution in [-0.4, -0.2) is 0 Å². The van der Waals surface area contributed by atoms with Crippen molar-refractivity contribution >= 4 is 0 Å². The van der Waals surface area contributed by atoms with E-state index in [4.69, 9.17) is 0 Å². The van der Waals surface area contributed by atoms with Crippen LogP contribution in [0.25, 0.3) is 0 Å². The zero-order chi connectivity index (χ0) is 64.3. The molecule has 4 unspecified atom stereocenters. The van der Waals surface area contributed by atoms with Gasteiger partial charge < -0.3 is 0 Å². The average molecular weight is 1240 g/mol. The predicted molar refractivity (Wildman–Crippen MR) is 388 cm³/mol. The van der Waals surface area contributed by atoms with Crippen LogP contribution in [0, 0.1) is 196 Å². The molecule has 90 heavy (non-hydrogen) atoms. The third-order valence-electron chi connectivity index (χ3n) is 39.0. The smallest absolute Gasteiger partial charge is 0.0220 e. The van der Waals surface area contributed by atoms with Gasteiger partial charge >= 0.3 is 0 Å². The maximum atomic E-state index is 2.63. The van der Waals surface area contributed by atoms with Crippen molar-refractivity contribution in [3.8, 4) is 0 Å². The molecule has 0 amide bonds. The Labute approximate surface area is 562 Å². The molecule has 0 aromatic carbocycles. The van der Waals surface area contributed by atoms with Crippen molar-refractivity contribution in [3.63, 3.8) is 0 Å². The van der Waals surface area contributed by atoms with Crippen molar-refractivity contribution in [3.05, 3.63) is 0 Å². The summed E-state index contributed by atoms with van der Waals surface area (Å²) in [4.78, 5) is 0. The van der Waals surface area contributed by atoms with E-state index in [2.05, 4.69) is 138 Å². The number of rotatable bonds is 5. The standard InChI is InChI=1S/2C15H26.C14H24.C13H22.C12H20.C12H22.C9H16/c1-14(2,3)15(4)12-6-10-5-11(8-12)9-13(15)7-10;1-3-4-5-15(2)13-7-11-6-12(9-13)10-14(15)8-11;1-9(2)14(3)12-5-10-4-11(7-12)8-13(14)6-10;1-3-13(2)11-5-9-4-10(7-11)8-12(13)6-9;1-12(2)10-4-8-3-9(6-10)7-11(12)5-8;1-10(2)9-6-7-12(5,8-9)11(10,3)4;1-9(2)6-7-3-4-8(9)5-7/h10-13H,5-9H2,1-4H3;11-14H,3-10H2,1-2H3;9-13H,4-8H2,1-3H3;9-12H,3-8H2,1-2H3;8-11H,3-7H2,1-2H3;9H,6-8H2,1-5H3;7-8H,3-6H2,1-2H3. The largest absolute Gasteiger partial charge is 0.0654 e. The Hall–Kier alpha value is 0. The molecule has 24 aliphatic rings. The Morgan fingerprint density at radius 1 is 0.344 bits per heavy atom. The van der Waals surface area contributed by atoms with Crippen LogP contribution in [0.5, 0.6) is 0 Å². The summed E-state index contributed by atoms with van der Waals surface area (Å²) in [6.45, 7) is 49.9. The Morgan fingerprint density at radius 3 is 0.944 bits per heavy atom. The molecule has 0 spiro atoms. The molecule has 0 aromatic rings. The highest BCUT2D eigenvalue weighted by Gasteiger charge is 2.65. The molecule has 24 saturated carbocycles. The lowest BCUT2D eigenvalue weighted by molar-refractivity contribution is -0.153. The zero-order valence-electron chi connectivity index (χ0n) is 64.3. The van der Waals surface area contributed by atoms with Crippen LogP contribution < -0.4 is 0 Å². The zero-order valence-corrected chi connectivity index (χ0v) is 64.3. The van der Waals surface area contributed by atoms with E-state index in [1.54, 1.807) is 167 Å². The number of hydrogen-bond donors (Lipinski definition) is 0. The first-order valence-corrected chi connectivity index (χ1v) is 42.1. The first-order chi connectivity index (χ1) is 42.1. The fourth-order valence-corrected chi connectivity index (χ4v) is 31.6. The van der Waals surface area contributed by atoms with E-state index in [1.165, 1.54) is 64.2 Å². The summed E-state index contributed by atoms with van der Waals surface area (Å²) in [6.07, 6.45) is 55.8. The third kappa shape index (κ3) is 11.8. The molecule has 4 atom stereocenters. The van der Waals surface area contributed by atoms with Crippen LogP contribution in [0.3, 0.4) is 0 Å². The summed E-state index contributed by atoms with van der Waals surface area (Å²) in [5.41, 5.74) is 6.51. The van der Waals surface area contributed by atoms with E-state index in [-0.39, 0.29) is 0 Å². The molecule has 24 bridgehead atoms. The van der Waals surface area contributed by atoms with Gasteiger partial charge in [-0.05, 0) is 402 Å². The first kappa shape index (κ1) is 68.5. The fourth-order valence-electron chi connectivity index (χ4n) is 31.6. The minimum Gasteiger partial charge on any atom is -0.0654 e. The van der Waals surface area contributed by atoms with Gasteiger partial charge in [0.1, 0.15) is 0 Å². The van der Waals surface area contributed by atoms with Gasteiger partial charge in [-0.1, -0.05) is 164 Å². The van der Waals surface area contributed by atoms with Gasteiger partial charge in [-0.15, -0.1) is 0 Å². The van der Waals surface area contributed by atoms with Crippen molar-refractivity contribution in [1.29, 1.82) is 0 Å². The number of fused-ring (bicyclic) bond motifs is 4. The van der Waals surface area contributed by atoms with Gasteiger partial charge in [0.15, 0.2) is 0 Å². The van der Waals surface area contributed by atoms with Gasteiger partial charge in [0.2, 0.25) is 0 Å². The quantitative estimate of drug-likeness (QED) is 0.257. The van der Waals surface area contributed by atoms with Crippen LogP contribution in [0.1, 0.15) is 370 Å². The third-order valence-corrected chi connectivity index (χ3v) is 39.0. The van der Waals surface area contributed by atoms with Gasteiger partial charge in [-0.3, -0.25) is 0 Å². The Morgan fingerprint density at radius 2 is 0.689 bits per heavy atom. The van der Waals surface area contributed by atoms with Crippen molar-refractivity contribution in [2.24, 2.45) is 196 Å². The van der Waals surface area contributed by atoms with Crippen LogP contribution in [-0.2, 0) is 0 Å². The summed E-state index contributed by atoms with van der Waals surface area (Å²) in [6, 6.07) is 0. The molecular formula is C90H156. The highest BCUT2D eigenvalue weighted by molar-refractivity contribution is 5.14. The summed E-state index contributed by atoms with van der Waals surface area (Å²) in [5.74, 6) is 26.3. The van der Waals surface area contributed by atoms with E-state index in [0.717, 1.165) is 153 Å². The monoisotopic (exact) mass is 1240 g/mol. The summed E-state index contributed by atoms with van der Waals surface area (Å²) in [5, 5.41) is 0. The second-order valence-corrected chi connectivity index (χ2v) is 44.8. The van der Waals surface area contributed by atoms with Crippen LogP contribution in [0.2, 0.25) is 0 Å². The lowest BCUT2D eigenvalue weighted by atomic mass is 9.40. The molecule has 0 nitrogen and oxygen atoms in total. The van der Waals surface area contributed by atoms with E-state index in [1.807, 2.05) is 0 Å². The topological polar surface area (TPSA) is 0 Å². The van der Waals surface area contributed by atoms with Gasteiger partial charge in [0, 0.05) is 0 Å². The van der Waals surface area contributed by atoms with Gasteiger partial charge in [0.05, 0.1) is 0 Å². The van der Waals surface area contributed by atoms with Crippen LogP contribution in [0.4, 0.5) is 0 Å². The first-order valence-electron chi connectivity index (χ1n) is 42.1. The van der Waals surface area contributed by atoms with Gasteiger partial charge in [0.25, 0.3) is 0 Å². The fraction of sp³-hybridized carbons (Fsp3) is 1.00. The van der Waals surface area contributed by atoms with Crippen molar-refractivity contribution in [1.82, 2.24) is 0 Å². The number of unbranched alkanes of at least 4 members (excludes halogenated alkanes) is 1. The highest BCUT2D eigenvalue weighted by atomic mass is 14.7. The molecule has 0 saturated heterocycles. The highest BCUT2D eigenvalue weighted by Crippen LogP contribution is 2.73. The molecule has 0 heterocycles. The molecule has 0 N–H and O–H groups in total. The van der Waals surface area contributed by atoms with E-state index in [9.17, 15) is 0 Å². The lowest BCUT2D eigenvalue weighted by Crippen LogP contribution is -2.56. The molecule has 0 aromatic heterocycles. The molecule has 0 radical (unpaired) electrons. The normalized spacial score (nSPS) is 53.1. The van der Waals surface area contributed by atoms with Crippen LogP contribution in [0.15, 0.2) is 0 Å². The SMILES string of the molecule is CC(C)(C)C1(C)C2CC3CC(C2)CC1C3.CC(C)C1(C)C2CC3CC(C2)CC1C3.CC1(C)C2CC3CC(C2)CC1C3.CC1(C)CC2CCC1C2.CC12CCC(C1)C(C)(C)C2(C)C.CCC1(C)C2CC3CC(C2)CC1C3.CCCCC1(C)C2CC3CC(C2)CC1C3. The molecule has 0 aliphatic heterocycles. The summed E-state index contributed by atoms with van der Waals surface area (Å²) < 4.78 is 0. The van der Waals surface area contributed by atoms with E-state index in [0.29, 0.717) is 43.3 Å². The Balaban J connectivity index is 0.0000000968.